The minimum Gasteiger partial charge on any atom is -0.497 e. The number of nitrogens with one attached hydrogen (secondary N) is 1. The standard InChI is InChI=1S/C17H25NO/c1-16(2)12-8-9-17(3,11-12)15(16)18-13-6-5-7-14(10-13)19-4/h5-7,10,12,15,18H,8-9,11H2,1-4H3/t12-,15?,17+/m0/s1. The van der Waals surface area contributed by atoms with Crippen LogP contribution in [0.3, 0.4) is 0 Å². The fourth-order valence-corrected chi connectivity index (χ4v) is 4.54. The maximum absolute atomic E-state index is 5.32. The van der Waals surface area contributed by atoms with Crippen molar-refractivity contribution < 1.29 is 4.74 Å². The SMILES string of the molecule is COc1cccc(NC2C(C)(C)[C@H]3CC[C@]2(C)C3)c1. The van der Waals surface area contributed by atoms with E-state index in [1.807, 2.05) is 6.07 Å². The first kappa shape index (κ1) is 12.8. The van der Waals surface area contributed by atoms with Crippen molar-refractivity contribution >= 4 is 5.69 Å². The molecule has 2 bridgehead atoms. The normalized spacial score (nSPS) is 35.4. The molecule has 0 heterocycles. The Hall–Kier alpha value is -1.18. The van der Waals surface area contributed by atoms with E-state index in [0.29, 0.717) is 16.9 Å². The summed E-state index contributed by atoms with van der Waals surface area (Å²) >= 11 is 0. The third-order valence-electron chi connectivity index (χ3n) is 5.65. The van der Waals surface area contributed by atoms with E-state index in [9.17, 15) is 0 Å². The highest BCUT2D eigenvalue weighted by atomic mass is 16.5. The number of ether oxygens (including phenoxy) is 1. The Balaban J connectivity index is 1.86. The summed E-state index contributed by atoms with van der Waals surface area (Å²) in [7, 11) is 1.72. The van der Waals surface area contributed by atoms with Gasteiger partial charge in [0.05, 0.1) is 7.11 Å². The molecule has 3 rings (SSSR count). The van der Waals surface area contributed by atoms with Crippen LogP contribution >= 0.6 is 0 Å². The van der Waals surface area contributed by atoms with E-state index >= 15 is 0 Å². The van der Waals surface area contributed by atoms with Gasteiger partial charge in [0.2, 0.25) is 0 Å². The van der Waals surface area contributed by atoms with E-state index in [0.717, 1.165) is 11.7 Å². The van der Waals surface area contributed by atoms with Gasteiger partial charge in [-0.25, -0.2) is 0 Å². The van der Waals surface area contributed by atoms with Gasteiger partial charge in [-0.3, -0.25) is 0 Å². The molecule has 1 aromatic carbocycles. The van der Waals surface area contributed by atoms with Crippen LogP contribution in [0.5, 0.6) is 5.75 Å². The number of methoxy groups -OCH3 is 1. The van der Waals surface area contributed by atoms with Crippen molar-refractivity contribution in [3.05, 3.63) is 24.3 Å². The van der Waals surface area contributed by atoms with Gasteiger partial charge in [-0.15, -0.1) is 0 Å². The van der Waals surface area contributed by atoms with Crippen molar-refractivity contribution in [1.82, 2.24) is 0 Å². The predicted molar refractivity (Wildman–Crippen MR) is 79.6 cm³/mol. The first-order valence-electron chi connectivity index (χ1n) is 7.36. The Labute approximate surface area is 116 Å². The largest absolute Gasteiger partial charge is 0.497 e. The summed E-state index contributed by atoms with van der Waals surface area (Å²) in [4.78, 5) is 0. The van der Waals surface area contributed by atoms with Gasteiger partial charge in [-0.1, -0.05) is 26.8 Å². The molecule has 2 saturated carbocycles. The lowest BCUT2D eigenvalue weighted by Crippen LogP contribution is -2.45. The summed E-state index contributed by atoms with van der Waals surface area (Å²) in [6.45, 7) is 7.32. The van der Waals surface area contributed by atoms with E-state index in [4.69, 9.17) is 4.74 Å². The zero-order chi connectivity index (χ0) is 13.7. The molecule has 2 aliphatic rings. The fourth-order valence-electron chi connectivity index (χ4n) is 4.54. The summed E-state index contributed by atoms with van der Waals surface area (Å²) < 4.78 is 5.32. The molecule has 0 spiro atoms. The number of hydrogen-bond donors (Lipinski definition) is 1. The average molecular weight is 259 g/mol. The molecule has 1 N–H and O–H groups in total. The first-order chi connectivity index (χ1) is 8.95. The van der Waals surface area contributed by atoms with Crippen LogP contribution in [0.15, 0.2) is 24.3 Å². The molecule has 0 aromatic heterocycles. The highest BCUT2D eigenvalue weighted by Gasteiger charge is 2.59. The van der Waals surface area contributed by atoms with Gasteiger partial charge < -0.3 is 10.1 Å². The quantitative estimate of drug-likeness (QED) is 0.872. The van der Waals surface area contributed by atoms with Crippen molar-refractivity contribution in [2.75, 3.05) is 12.4 Å². The lowest BCUT2D eigenvalue weighted by Gasteiger charge is -2.43. The molecule has 0 radical (unpaired) electrons. The molecule has 1 aromatic rings. The Morgan fingerprint density at radius 3 is 2.68 bits per heavy atom. The molecule has 0 saturated heterocycles. The second-order valence-corrected chi connectivity index (χ2v) is 7.22. The molecular formula is C17H25NO. The molecule has 3 atom stereocenters. The van der Waals surface area contributed by atoms with Crippen LogP contribution in [-0.2, 0) is 0 Å². The Bertz CT molecular complexity index is 477. The number of rotatable bonds is 3. The summed E-state index contributed by atoms with van der Waals surface area (Å²) in [5.74, 6) is 1.80. The average Bonchev–Trinajstić information content (AvgIpc) is 2.86. The number of fused-ring (bicyclic) bond motifs is 2. The number of benzene rings is 1. The maximum atomic E-state index is 5.32. The van der Waals surface area contributed by atoms with Gasteiger partial charge in [-0.2, -0.15) is 0 Å². The molecular weight excluding hydrogens is 234 g/mol. The molecule has 2 fully saturated rings. The second-order valence-electron chi connectivity index (χ2n) is 7.22. The van der Waals surface area contributed by atoms with Crippen LogP contribution < -0.4 is 10.1 Å². The molecule has 19 heavy (non-hydrogen) atoms. The van der Waals surface area contributed by atoms with Crippen molar-refractivity contribution in [3.8, 4) is 5.75 Å². The Morgan fingerprint density at radius 1 is 1.26 bits per heavy atom. The second kappa shape index (κ2) is 4.16. The molecule has 104 valence electrons. The van der Waals surface area contributed by atoms with E-state index in [2.05, 4.69) is 44.3 Å². The number of hydrogen-bond acceptors (Lipinski definition) is 2. The Kier molecular flexibility index (Phi) is 2.81. The van der Waals surface area contributed by atoms with Crippen molar-refractivity contribution in [2.45, 2.75) is 46.1 Å². The van der Waals surface area contributed by atoms with Crippen LogP contribution in [0, 0.1) is 16.7 Å². The number of anilines is 1. The van der Waals surface area contributed by atoms with E-state index in [-0.39, 0.29) is 0 Å². The van der Waals surface area contributed by atoms with Crippen LogP contribution in [0.2, 0.25) is 0 Å². The van der Waals surface area contributed by atoms with Crippen LogP contribution in [0.4, 0.5) is 5.69 Å². The molecule has 2 heteroatoms. The first-order valence-corrected chi connectivity index (χ1v) is 7.36. The predicted octanol–water partition coefficient (Wildman–Crippen LogP) is 4.32. The molecule has 2 nitrogen and oxygen atoms in total. The topological polar surface area (TPSA) is 21.3 Å². The third kappa shape index (κ3) is 1.92. The van der Waals surface area contributed by atoms with Gasteiger partial charge in [0, 0.05) is 17.8 Å². The van der Waals surface area contributed by atoms with Crippen LogP contribution in [0.25, 0.3) is 0 Å². The molecule has 0 amide bonds. The zero-order valence-electron chi connectivity index (χ0n) is 12.5. The van der Waals surface area contributed by atoms with Crippen molar-refractivity contribution in [1.29, 1.82) is 0 Å². The summed E-state index contributed by atoms with van der Waals surface area (Å²) in [6, 6.07) is 8.87. The molecule has 1 unspecified atom stereocenters. The molecule has 0 aliphatic heterocycles. The van der Waals surface area contributed by atoms with Gasteiger partial charge in [0.25, 0.3) is 0 Å². The highest BCUT2D eigenvalue weighted by Crippen LogP contribution is 2.63. The zero-order valence-corrected chi connectivity index (χ0v) is 12.5. The van der Waals surface area contributed by atoms with Gasteiger partial charge in [0.1, 0.15) is 5.75 Å². The van der Waals surface area contributed by atoms with Crippen molar-refractivity contribution in [3.63, 3.8) is 0 Å². The van der Waals surface area contributed by atoms with Crippen molar-refractivity contribution in [2.24, 2.45) is 16.7 Å². The van der Waals surface area contributed by atoms with E-state index in [1.165, 1.54) is 24.9 Å². The van der Waals surface area contributed by atoms with E-state index in [1.54, 1.807) is 7.11 Å². The van der Waals surface area contributed by atoms with Gasteiger partial charge >= 0.3 is 0 Å². The van der Waals surface area contributed by atoms with Gasteiger partial charge in [0.15, 0.2) is 0 Å². The summed E-state index contributed by atoms with van der Waals surface area (Å²) in [5, 5.41) is 3.80. The summed E-state index contributed by atoms with van der Waals surface area (Å²) in [5.41, 5.74) is 2.03. The summed E-state index contributed by atoms with van der Waals surface area (Å²) in [6.07, 6.45) is 4.14. The maximum Gasteiger partial charge on any atom is 0.120 e. The lowest BCUT2D eigenvalue weighted by molar-refractivity contribution is 0.155. The Morgan fingerprint density at radius 2 is 2.05 bits per heavy atom. The smallest absolute Gasteiger partial charge is 0.120 e. The highest BCUT2D eigenvalue weighted by molar-refractivity contribution is 5.50. The van der Waals surface area contributed by atoms with Crippen LogP contribution in [-0.4, -0.2) is 13.2 Å². The minimum absolute atomic E-state index is 0.385. The lowest BCUT2D eigenvalue weighted by atomic mass is 9.68. The van der Waals surface area contributed by atoms with E-state index < -0.39 is 0 Å². The fraction of sp³-hybridized carbons (Fsp3) is 0.647. The monoisotopic (exact) mass is 259 g/mol. The van der Waals surface area contributed by atoms with Crippen LogP contribution in [0.1, 0.15) is 40.0 Å². The minimum atomic E-state index is 0.385. The molecule has 2 aliphatic carbocycles. The third-order valence-corrected chi connectivity index (χ3v) is 5.65. The van der Waals surface area contributed by atoms with Gasteiger partial charge in [-0.05, 0) is 48.1 Å².